The number of aromatic nitrogens is 4. The molecule has 2 heterocycles. The molecule has 0 radical (unpaired) electrons. The lowest BCUT2D eigenvalue weighted by Gasteiger charge is -2.31. The summed E-state index contributed by atoms with van der Waals surface area (Å²) in [5.41, 5.74) is 6.93. The van der Waals surface area contributed by atoms with Crippen molar-refractivity contribution in [2.45, 2.75) is 18.9 Å². The van der Waals surface area contributed by atoms with Crippen LogP contribution in [0.15, 0.2) is 6.33 Å². The molecular weight excluding hydrogens is 220 g/mol. The lowest BCUT2D eigenvalue weighted by Crippen LogP contribution is -2.33. The molecule has 0 bridgehead atoms. The van der Waals surface area contributed by atoms with E-state index in [4.69, 9.17) is 5.73 Å². The highest BCUT2D eigenvalue weighted by Gasteiger charge is 2.27. The first-order valence-corrected chi connectivity index (χ1v) is 5.61. The average molecular weight is 234 g/mol. The van der Waals surface area contributed by atoms with Gasteiger partial charge in [-0.3, -0.25) is 0 Å². The van der Waals surface area contributed by atoms with Gasteiger partial charge >= 0.3 is 0 Å². The number of nitrogens with one attached hydrogen (secondary N) is 2. The van der Waals surface area contributed by atoms with Crippen LogP contribution in [0.2, 0.25) is 0 Å². The van der Waals surface area contributed by atoms with Gasteiger partial charge in [0.25, 0.3) is 0 Å². The van der Waals surface area contributed by atoms with Gasteiger partial charge in [-0.25, -0.2) is 4.98 Å². The minimum Gasteiger partial charge on any atom is -0.393 e. The number of H-pyrrole nitrogens is 1. The zero-order valence-corrected chi connectivity index (χ0v) is 9.22. The second kappa shape index (κ2) is 3.85. The zero-order valence-electron chi connectivity index (χ0n) is 9.22. The summed E-state index contributed by atoms with van der Waals surface area (Å²) < 4.78 is 0. The molecule has 7 nitrogen and oxygen atoms in total. The number of anilines is 2. The van der Waals surface area contributed by atoms with Crippen molar-refractivity contribution in [1.82, 2.24) is 19.9 Å². The van der Waals surface area contributed by atoms with E-state index in [1.807, 2.05) is 0 Å². The summed E-state index contributed by atoms with van der Waals surface area (Å²) in [5.74, 6) is 1.38. The van der Waals surface area contributed by atoms with Gasteiger partial charge in [-0.05, 0) is 18.8 Å². The van der Waals surface area contributed by atoms with Crippen LogP contribution in [0, 0.1) is 5.92 Å². The van der Waals surface area contributed by atoms with Crippen LogP contribution in [0.25, 0.3) is 11.2 Å². The molecular formula is C10H14N6O. The zero-order chi connectivity index (χ0) is 11.8. The molecule has 17 heavy (non-hydrogen) atoms. The second-order valence-corrected chi connectivity index (χ2v) is 4.40. The number of nitrogens with two attached hydrogens (primary N) is 1. The largest absolute Gasteiger partial charge is 0.393 e. The van der Waals surface area contributed by atoms with Crippen LogP contribution < -0.4 is 11.1 Å². The monoisotopic (exact) mass is 234 g/mol. The van der Waals surface area contributed by atoms with E-state index in [1.54, 1.807) is 6.33 Å². The van der Waals surface area contributed by atoms with E-state index in [0.29, 0.717) is 17.4 Å². The van der Waals surface area contributed by atoms with Crippen molar-refractivity contribution in [3.63, 3.8) is 0 Å². The Bertz CT molecular complexity index is 533. The van der Waals surface area contributed by atoms with Crippen molar-refractivity contribution in [1.29, 1.82) is 0 Å². The first-order valence-electron chi connectivity index (χ1n) is 5.61. The third kappa shape index (κ3) is 1.89. The van der Waals surface area contributed by atoms with E-state index in [1.165, 1.54) is 0 Å². The summed E-state index contributed by atoms with van der Waals surface area (Å²) in [7, 11) is 0. The number of fused-ring (bicyclic) bond motifs is 1. The summed E-state index contributed by atoms with van der Waals surface area (Å²) in [6.45, 7) is 0.779. The molecule has 0 spiro atoms. The molecule has 90 valence electrons. The van der Waals surface area contributed by atoms with Gasteiger partial charge in [-0.2, -0.15) is 9.97 Å². The Hall–Kier alpha value is -1.89. The summed E-state index contributed by atoms with van der Waals surface area (Å²) in [6.07, 6.45) is 3.13. The number of aliphatic hydroxyl groups excluding tert-OH is 1. The molecule has 0 aromatic carbocycles. The standard InChI is InChI=1S/C10H14N6O/c11-10-15-8(7-9(16-10)14-4-13-7)12-3-5-1-6(17)2-5/h4-6,17H,1-3H2,(H4,11,12,13,14,15,16). The molecule has 0 atom stereocenters. The fraction of sp³-hybridized carbons (Fsp3) is 0.500. The summed E-state index contributed by atoms with van der Waals surface area (Å²) in [5, 5.41) is 12.4. The Kier molecular flexibility index (Phi) is 2.32. The fourth-order valence-electron chi connectivity index (χ4n) is 2.09. The van der Waals surface area contributed by atoms with Crippen molar-refractivity contribution in [3.8, 4) is 0 Å². The molecule has 1 fully saturated rings. The molecule has 2 aromatic rings. The smallest absolute Gasteiger partial charge is 0.224 e. The van der Waals surface area contributed by atoms with Gasteiger partial charge < -0.3 is 21.1 Å². The number of aliphatic hydroxyl groups is 1. The Morgan fingerprint density at radius 2 is 2.29 bits per heavy atom. The third-order valence-corrected chi connectivity index (χ3v) is 3.07. The van der Waals surface area contributed by atoms with Gasteiger partial charge in [-0.1, -0.05) is 0 Å². The van der Waals surface area contributed by atoms with Crippen LogP contribution in [0.4, 0.5) is 11.8 Å². The van der Waals surface area contributed by atoms with Crippen molar-refractivity contribution in [2.24, 2.45) is 5.92 Å². The van der Waals surface area contributed by atoms with Crippen LogP contribution in [-0.4, -0.2) is 37.7 Å². The molecule has 0 amide bonds. The van der Waals surface area contributed by atoms with E-state index >= 15 is 0 Å². The number of rotatable bonds is 3. The molecule has 0 saturated heterocycles. The van der Waals surface area contributed by atoms with Gasteiger partial charge in [-0.15, -0.1) is 0 Å². The molecule has 0 aliphatic heterocycles. The van der Waals surface area contributed by atoms with Gasteiger partial charge in [0.2, 0.25) is 5.95 Å². The fourth-order valence-corrected chi connectivity index (χ4v) is 2.09. The SMILES string of the molecule is Nc1nc(NCC2CC(O)C2)c2[nH]cnc2n1. The van der Waals surface area contributed by atoms with Crippen LogP contribution in [0.1, 0.15) is 12.8 Å². The van der Waals surface area contributed by atoms with Crippen LogP contribution in [0.5, 0.6) is 0 Å². The quantitative estimate of drug-likeness (QED) is 0.600. The molecule has 1 aliphatic carbocycles. The minimum absolute atomic E-state index is 0.135. The maximum atomic E-state index is 9.21. The maximum Gasteiger partial charge on any atom is 0.224 e. The summed E-state index contributed by atoms with van der Waals surface area (Å²) in [6, 6.07) is 0. The number of hydrogen-bond donors (Lipinski definition) is 4. The van der Waals surface area contributed by atoms with Gasteiger partial charge in [0.15, 0.2) is 11.5 Å². The lowest BCUT2D eigenvalue weighted by molar-refractivity contribution is 0.0486. The molecule has 7 heteroatoms. The molecule has 1 saturated carbocycles. The van der Waals surface area contributed by atoms with E-state index in [2.05, 4.69) is 25.3 Å². The van der Waals surface area contributed by atoms with E-state index < -0.39 is 0 Å². The maximum absolute atomic E-state index is 9.21. The minimum atomic E-state index is -0.135. The highest BCUT2D eigenvalue weighted by Crippen LogP contribution is 2.27. The first kappa shape index (κ1) is 10.3. The Labute approximate surface area is 97.5 Å². The van der Waals surface area contributed by atoms with Crippen molar-refractivity contribution < 1.29 is 5.11 Å². The predicted molar refractivity (Wildman–Crippen MR) is 63.3 cm³/mol. The highest BCUT2D eigenvalue weighted by atomic mass is 16.3. The lowest BCUT2D eigenvalue weighted by atomic mass is 9.82. The molecule has 5 N–H and O–H groups in total. The third-order valence-electron chi connectivity index (χ3n) is 3.07. The Morgan fingerprint density at radius 1 is 1.47 bits per heavy atom. The van der Waals surface area contributed by atoms with Gasteiger partial charge in [0.05, 0.1) is 12.4 Å². The second-order valence-electron chi connectivity index (χ2n) is 4.40. The average Bonchev–Trinajstić information content (AvgIpc) is 2.70. The van der Waals surface area contributed by atoms with Crippen molar-refractivity contribution in [3.05, 3.63) is 6.33 Å². The molecule has 0 unspecified atom stereocenters. The number of aromatic amines is 1. The van der Waals surface area contributed by atoms with Crippen molar-refractivity contribution >= 4 is 22.9 Å². The molecule has 1 aliphatic rings. The number of hydrogen-bond acceptors (Lipinski definition) is 6. The van der Waals surface area contributed by atoms with E-state index in [9.17, 15) is 5.11 Å². The topological polar surface area (TPSA) is 113 Å². The predicted octanol–water partition coefficient (Wildman–Crippen LogP) is 0.118. The molecule has 2 aromatic heterocycles. The van der Waals surface area contributed by atoms with E-state index in [-0.39, 0.29) is 12.1 Å². The van der Waals surface area contributed by atoms with Gasteiger partial charge in [0, 0.05) is 6.54 Å². The Balaban J connectivity index is 1.77. The summed E-state index contributed by atoms with van der Waals surface area (Å²) in [4.78, 5) is 15.2. The van der Waals surface area contributed by atoms with Crippen LogP contribution >= 0.6 is 0 Å². The van der Waals surface area contributed by atoms with Gasteiger partial charge in [0.1, 0.15) is 5.52 Å². The van der Waals surface area contributed by atoms with Crippen LogP contribution in [-0.2, 0) is 0 Å². The number of nitrogens with zero attached hydrogens (tertiary/aromatic N) is 3. The van der Waals surface area contributed by atoms with E-state index in [0.717, 1.165) is 24.9 Å². The Morgan fingerprint density at radius 3 is 3.06 bits per heavy atom. The van der Waals surface area contributed by atoms with Crippen LogP contribution in [0.3, 0.4) is 0 Å². The summed E-state index contributed by atoms with van der Waals surface area (Å²) >= 11 is 0. The number of imidazole rings is 1. The number of nitrogen functional groups attached to an aromatic ring is 1. The first-order chi connectivity index (χ1) is 8.22. The highest BCUT2D eigenvalue weighted by molar-refractivity contribution is 5.83. The normalized spacial score (nSPS) is 23.6. The molecule has 3 rings (SSSR count). The van der Waals surface area contributed by atoms with Crippen molar-refractivity contribution in [2.75, 3.05) is 17.6 Å².